The zero-order chi connectivity index (χ0) is 17.7. The predicted molar refractivity (Wildman–Crippen MR) is 93.1 cm³/mol. The highest BCUT2D eigenvalue weighted by Gasteiger charge is 2.15. The molecule has 1 aromatic heterocycles. The second-order valence-electron chi connectivity index (χ2n) is 5.61. The van der Waals surface area contributed by atoms with Gasteiger partial charge in [0.05, 0.1) is 17.2 Å². The first-order valence-electron chi connectivity index (χ1n) is 7.51. The van der Waals surface area contributed by atoms with Gasteiger partial charge in [-0.25, -0.2) is 4.98 Å². The Hall–Kier alpha value is -2.54. The van der Waals surface area contributed by atoms with Crippen LogP contribution in [0.5, 0.6) is 0 Å². The number of aromatic nitrogens is 1. The first-order chi connectivity index (χ1) is 11.4. The van der Waals surface area contributed by atoms with E-state index in [1.807, 2.05) is 19.2 Å². The van der Waals surface area contributed by atoms with E-state index in [1.54, 1.807) is 18.2 Å². The third kappa shape index (κ3) is 4.73. The lowest BCUT2D eigenvalue weighted by atomic mass is 10.1. The van der Waals surface area contributed by atoms with Crippen molar-refractivity contribution in [2.24, 2.45) is 0 Å². The van der Waals surface area contributed by atoms with Crippen molar-refractivity contribution in [3.05, 3.63) is 45.9 Å². The van der Waals surface area contributed by atoms with Crippen LogP contribution in [-0.4, -0.2) is 22.6 Å². The minimum Gasteiger partial charge on any atom is -0.342 e. The van der Waals surface area contributed by atoms with Gasteiger partial charge in [0, 0.05) is 22.5 Å². The maximum atomic E-state index is 11.9. The molecule has 24 heavy (non-hydrogen) atoms. The topological polar surface area (TPSA) is 88.2 Å². The average molecular weight is 345 g/mol. The van der Waals surface area contributed by atoms with E-state index in [9.17, 15) is 14.4 Å². The van der Waals surface area contributed by atoms with Crippen molar-refractivity contribution in [2.45, 2.75) is 33.2 Å². The van der Waals surface area contributed by atoms with Crippen LogP contribution in [0, 0.1) is 0 Å². The number of carbonyl (C=O) groups excluding carboxylic acids is 3. The minimum atomic E-state index is -0.782. The minimum absolute atomic E-state index is 0.111. The number of hydrogen-bond donors (Lipinski definition) is 2. The van der Waals surface area contributed by atoms with E-state index in [4.69, 9.17) is 0 Å². The van der Waals surface area contributed by atoms with E-state index < -0.39 is 11.8 Å². The molecule has 0 unspecified atom stereocenters. The summed E-state index contributed by atoms with van der Waals surface area (Å²) < 4.78 is 0. The second-order valence-corrected chi connectivity index (χ2v) is 6.50. The van der Waals surface area contributed by atoms with Crippen LogP contribution in [0.3, 0.4) is 0 Å². The quantitative estimate of drug-likeness (QED) is 0.644. The van der Waals surface area contributed by atoms with Gasteiger partial charge in [0.2, 0.25) is 0 Å². The Labute approximate surface area is 144 Å². The van der Waals surface area contributed by atoms with Crippen molar-refractivity contribution in [3.63, 3.8) is 0 Å². The molecule has 126 valence electrons. The molecule has 0 spiro atoms. The summed E-state index contributed by atoms with van der Waals surface area (Å²) in [5, 5.41) is 7.87. The van der Waals surface area contributed by atoms with Crippen LogP contribution in [0.25, 0.3) is 0 Å². The molecule has 7 heteroatoms. The number of nitrogens with one attached hydrogen (secondary N) is 2. The van der Waals surface area contributed by atoms with E-state index in [1.165, 1.54) is 24.3 Å². The summed E-state index contributed by atoms with van der Waals surface area (Å²) in [5.74, 6) is -1.31. The van der Waals surface area contributed by atoms with Crippen LogP contribution in [0.4, 0.5) is 5.69 Å². The van der Waals surface area contributed by atoms with Gasteiger partial charge in [-0.15, -0.1) is 11.3 Å². The average Bonchev–Trinajstić information content (AvgIpc) is 3.02. The highest BCUT2D eigenvalue weighted by Crippen LogP contribution is 2.19. The molecule has 2 aromatic rings. The first kappa shape index (κ1) is 17.8. The van der Waals surface area contributed by atoms with Gasteiger partial charge < -0.3 is 10.6 Å². The summed E-state index contributed by atoms with van der Waals surface area (Å²) >= 11 is 1.53. The number of hydrogen-bond acceptors (Lipinski definition) is 5. The van der Waals surface area contributed by atoms with Crippen LogP contribution in [0.1, 0.15) is 47.7 Å². The molecule has 0 aliphatic rings. The van der Waals surface area contributed by atoms with Gasteiger partial charge in [0.1, 0.15) is 0 Å². The molecule has 1 aromatic carbocycles. The van der Waals surface area contributed by atoms with Crippen molar-refractivity contribution in [2.75, 3.05) is 5.32 Å². The Morgan fingerprint density at radius 2 is 1.96 bits per heavy atom. The van der Waals surface area contributed by atoms with Crippen molar-refractivity contribution in [3.8, 4) is 0 Å². The number of Topliss-reactive ketones (excluding diaryl/α,β-unsaturated/α-hetero) is 1. The number of benzene rings is 1. The molecule has 0 fully saturated rings. The van der Waals surface area contributed by atoms with Crippen LogP contribution in [0.2, 0.25) is 0 Å². The number of carbonyl (C=O) groups is 3. The maximum Gasteiger partial charge on any atom is 0.313 e. The number of anilines is 1. The zero-order valence-electron chi connectivity index (χ0n) is 13.8. The first-order valence-corrected chi connectivity index (χ1v) is 8.39. The molecule has 2 amide bonds. The van der Waals surface area contributed by atoms with Crippen molar-refractivity contribution in [1.82, 2.24) is 10.3 Å². The molecule has 0 aliphatic heterocycles. The zero-order valence-corrected chi connectivity index (χ0v) is 14.6. The van der Waals surface area contributed by atoms with Crippen molar-refractivity contribution in [1.29, 1.82) is 0 Å². The monoisotopic (exact) mass is 345 g/mol. The molecule has 0 saturated heterocycles. The summed E-state index contributed by atoms with van der Waals surface area (Å²) in [6, 6.07) is 6.44. The van der Waals surface area contributed by atoms with E-state index >= 15 is 0 Å². The Balaban J connectivity index is 1.91. The normalized spacial score (nSPS) is 10.5. The van der Waals surface area contributed by atoms with Crippen molar-refractivity contribution < 1.29 is 14.4 Å². The van der Waals surface area contributed by atoms with E-state index in [0.29, 0.717) is 17.2 Å². The van der Waals surface area contributed by atoms with Crippen LogP contribution in [0.15, 0.2) is 29.6 Å². The van der Waals surface area contributed by atoms with E-state index in [2.05, 4.69) is 15.6 Å². The van der Waals surface area contributed by atoms with Gasteiger partial charge in [-0.2, -0.15) is 0 Å². The Kier molecular flexibility index (Phi) is 5.81. The number of thiazole rings is 1. The molecule has 0 radical (unpaired) electrons. The van der Waals surface area contributed by atoms with E-state index in [0.717, 1.165) is 10.7 Å². The van der Waals surface area contributed by atoms with Crippen molar-refractivity contribution >= 4 is 34.6 Å². The Bertz CT molecular complexity index is 768. The van der Waals surface area contributed by atoms with Gasteiger partial charge in [-0.1, -0.05) is 26.0 Å². The third-order valence-corrected chi connectivity index (χ3v) is 4.42. The fourth-order valence-electron chi connectivity index (χ4n) is 1.92. The van der Waals surface area contributed by atoms with Gasteiger partial charge >= 0.3 is 11.8 Å². The molecule has 2 N–H and O–H groups in total. The number of ketones is 1. The van der Waals surface area contributed by atoms with Crippen LogP contribution < -0.4 is 10.6 Å². The number of rotatable bonds is 5. The molecular formula is C17H19N3O3S. The Morgan fingerprint density at radius 1 is 1.21 bits per heavy atom. The molecule has 2 rings (SSSR count). The molecule has 0 aliphatic carbocycles. The smallest absolute Gasteiger partial charge is 0.313 e. The molecule has 0 atom stereocenters. The van der Waals surface area contributed by atoms with Crippen LogP contribution >= 0.6 is 11.3 Å². The lowest BCUT2D eigenvalue weighted by Crippen LogP contribution is -2.35. The Morgan fingerprint density at radius 3 is 2.58 bits per heavy atom. The van der Waals surface area contributed by atoms with E-state index in [-0.39, 0.29) is 12.3 Å². The maximum absolute atomic E-state index is 11.9. The second kappa shape index (κ2) is 7.83. The highest BCUT2D eigenvalue weighted by molar-refractivity contribution is 7.09. The summed E-state index contributed by atoms with van der Waals surface area (Å²) in [7, 11) is 0. The molecule has 6 nitrogen and oxygen atoms in total. The van der Waals surface area contributed by atoms with Gasteiger partial charge in [0.15, 0.2) is 5.78 Å². The number of nitrogens with zero attached hydrogens (tertiary/aromatic N) is 1. The standard InChI is InChI=1S/C17H19N3O3S/c1-10(2)17-20-14(9-24-17)8-18-15(22)16(23)19-13-6-4-5-12(7-13)11(3)21/h4-7,9-10H,8H2,1-3H3,(H,18,22)(H,19,23). The van der Waals surface area contributed by atoms with Crippen LogP contribution in [-0.2, 0) is 16.1 Å². The summed E-state index contributed by atoms with van der Waals surface area (Å²) in [6.45, 7) is 5.73. The highest BCUT2D eigenvalue weighted by atomic mass is 32.1. The van der Waals surface area contributed by atoms with Gasteiger partial charge in [-0.3, -0.25) is 14.4 Å². The summed E-state index contributed by atoms with van der Waals surface area (Å²) in [6.07, 6.45) is 0. The lowest BCUT2D eigenvalue weighted by molar-refractivity contribution is -0.136. The number of amides is 2. The fraction of sp³-hybridized carbons (Fsp3) is 0.294. The largest absolute Gasteiger partial charge is 0.342 e. The summed E-state index contributed by atoms with van der Waals surface area (Å²) in [4.78, 5) is 39.5. The predicted octanol–water partition coefficient (Wildman–Crippen LogP) is 2.72. The van der Waals surface area contributed by atoms with Gasteiger partial charge in [0.25, 0.3) is 0 Å². The molecule has 1 heterocycles. The molecule has 0 saturated carbocycles. The van der Waals surface area contributed by atoms with Gasteiger partial charge in [-0.05, 0) is 19.1 Å². The lowest BCUT2D eigenvalue weighted by Gasteiger charge is -2.06. The third-order valence-electron chi connectivity index (χ3n) is 3.23. The SMILES string of the molecule is CC(=O)c1cccc(NC(=O)C(=O)NCc2csc(C(C)C)n2)c1. The summed E-state index contributed by atoms with van der Waals surface area (Å²) in [5.41, 5.74) is 1.60. The fourth-order valence-corrected chi connectivity index (χ4v) is 2.76. The molecular weight excluding hydrogens is 326 g/mol. The molecule has 0 bridgehead atoms.